The molecule has 0 unspecified atom stereocenters. The van der Waals surface area contributed by atoms with Crippen LogP contribution in [-0.2, 0) is 32.2 Å². The number of anilines is 1. The number of carbonyl (C=O) groups excluding carboxylic acids is 2. The highest BCUT2D eigenvalue weighted by atomic mass is 17.1. The Labute approximate surface area is 383 Å². The zero-order valence-electron chi connectivity index (χ0n) is 40.7. The maximum absolute atomic E-state index is 11.3. The smallest absolute Gasteiger partial charge is 0.198 e. The van der Waals surface area contributed by atoms with Crippen molar-refractivity contribution in [3.05, 3.63) is 157 Å². The normalized spacial score (nSPS) is 11.1. The largest absolute Gasteiger partial charge is 0.398 e. The van der Waals surface area contributed by atoms with Gasteiger partial charge in [0.15, 0.2) is 11.6 Å². The fraction of sp³-hybridized carbons (Fsp3) is 0.382. The summed E-state index contributed by atoms with van der Waals surface area (Å²) in [6.45, 7) is 27.1. The Kier molecular flexibility index (Phi) is 24.1. The predicted molar refractivity (Wildman–Crippen MR) is 267 cm³/mol. The lowest BCUT2D eigenvalue weighted by Gasteiger charge is -2.14. The molecule has 9 nitrogen and oxygen atoms in total. The van der Waals surface area contributed by atoms with Crippen molar-refractivity contribution >= 4 is 40.1 Å². The monoisotopic (exact) mass is 872 g/mol. The van der Waals surface area contributed by atoms with Gasteiger partial charge in [-0.1, -0.05) is 127 Å². The average molecular weight is 872 g/mol. The third-order valence-electron chi connectivity index (χ3n) is 10.6. The number of Topliss-reactive ketones (excluding diaryl/α,β-unsaturated/α-hetero) is 2. The fourth-order valence-corrected chi connectivity index (χ4v) is 7.21. The number of hydrogen-bond acceptors (Lipinski definition) is 9. The van der Waals surface area contributed by atoms with Crippen molar-refractivity contribution in [3.8, 4) is 0 Å². The molecule has 5 aromatic carbocycles. The van der Waals surface area contributed by atoms with E-state index >= 15 is 0 Å². The maximum Gasteiger partial charge on any atom is 0.198 e. The molecule has 0 heterocycles. The molecular weight excluding hydrogens is 799 g/mol. The summed E-state index contributed by atoms with van der Waals surface area (Å²) in [5, 5.41) is 15.0. The van der Waals surface area contributed by atoms with E-state index in [4.69, 9.17) is 26.2 Å². The van der Waals surface area contributed by atoms with Gasteiger partial charge >= 0.3 is 0 Å². The van der Waals surface area contributed by atoms with Crippen molar-refractivity contribution < 1.29 is 29.9 Å². The molecule has 0 radical (unpaired) electrons. The summed E-state index contributed by atoms with van der Waals surface area (Å²) >= 11 is 0. The Hall–Kier alpha value is -5.58. The van der Waals surface area contributed by atoms with Gasteiger partial charge in [-0.05, 0) is 146 Å². The molecule has 0 saturated carbocycles. The minimum atomic E-state index is -0.262. The van der Waals surface area contributed by atoms with Gasteiger partial charge < -0.3 is 5.73 Å². The number of nitrogens with zero attached hydrogens (tertiary/aromatic N) is 2. The number of nitrogens with two attached hydrogens (primary N) is 1. The van der Waals surface area contributed by atoms with Crippen LogP contribution in [0.15, 0.2) is 94.9 Å². The van der Waals surface area contributed by atoms with Crippen molar-refractivity contribution in [2.45, 2.75) is 129 Å². The van der Waals surface area contributed by atoms with Crippen LogP contribution in [-0.4, -0.2) is 46.7 Å². The molecule has 4 N–H and O–H groups in total. The Bertz CT molecular complexity index is 2250. The first-order chi connectivity index (χ1) is 30.3. The highest BCUT2D eigenvalue weighted by Gasteiger charge is 2.14. The molecule has 344 valence electrons. The van der Waals surface area contributed by atoms with E-state index in [1.807, 2.05) is 45.0 Å². The first-order valence-corrected chi connectivity index (χ1v) is 22.2. The Morgan fingerprint density at radius 2 is 0.812 bits per heavy atom. The number of aryl methyl sites for hydroxylation is 13. The minimum Gasteiger partial charge on any atom is -0.398 e. The second-order valence-corrected chi connectivity index (χ2v) is 16.6. The van der Waals surface area contributed by atoms with Crippen molar-refractivity contribution in [2.24, 2.45) is 9.98 Å². The van der Waals surface area contributed by atoms with Gasteiger partial charge in [-0.15, -0.1) is 0 Å². The first-order valence-electron chi connectivity index (χ1n) is 22.2. The third kappa shape index (κ3) is 19.0. The third-order valence-corrected chi connectivity index (χ3v) is 10.6. The summed E-state index contributed by atoms with van der Waals surface area (Å²) < 4.78 is 0. The lowest BCUT2D eigenvalue weighted by Crippen LogP contribution is -2.15. The molecule has 0 aromatic heterocycles. The molecule has 9 heteroatoms. The highest BCUT2D eigenvalue weighted by Crippen LogP contribution is 2.29. The highest BCUT2D eigenvalue weighted by molar-refractivity contribution is 6.43. The van der Waals surface area contributed by atoms with Crippen LogP contribution in [0, 0.1) is 76.2 Å². The van der Waals surface area contributed by atoms with Gasteiger partial charge in [-0.25, -0.2) is 9.78 Å². The molecule has 0 aliphatic heterocycles. The Balaban J connectivity index is 0.000000370. The van der Waals surface area contributed by atoms with Crippen LogP contribution in [0.1, 0.15) is 112 Å². The molecule has 0 fully saturated rings. The number of hydrogen-bond donors (Lipinski definition) is 3. The van der Waals surface area contributed by atoms with Gasteiger partial charge in [0.25, 0.3) is 0 Å². The fourth-order valence-electron chi connectivity index (χ4n) is 7.21. The van der Waals surface area contributed by atoms with Crippen LogP contribution < -0.4 is 5.73 Å². The standard InChI is InChI=1S/C31H38N2.C13H16O2.C9H13N.C2H6O4/c1-9-28(32-30-23(5)16-21(3)17-24(30)6)29(15-14-27-12-10-20(2)11-13-27)33-31-25(7)18-22(4)19-26(31)8;1-3-12(14)13(15)9-8-11-6-4-10(2)5-7-11;1-6-4-7(2)9(10)8(3)5-6;3-5-1-2-6-4/h10-13,16-19H,9,14-15H2,1-8H3;4-7H,3,8-9H2,1-2H3;4-5H,10H2,1-3H3;3-4H,1-2H2. The SMILES string of the molecule is CCC(=Nc1c(C)cc(C)cc1C)C(CCc1ccc(C)cc1)=Nc1c(C)cc(C)cc1C.CCC(=O)C(=O)CCc1ccc(C)cc1.Cc1cc(C)c(N)c(C)c1.OOCCOO. The van der Waals surface area contributed by atoms with Crippen LogP contribution in [0.4, 0.5) is 17.1 Å². The average Bonchev–Trinajstić information content (AvgIpc) is 3.25. The number of ketones is 2. The van der Waals surface area contributed by atoms with Gasteiger partial charge in [-0.3, -0.25) is 30.1 Å². The summed E-state index contributed by atoms with van der Waals surface area (Å²) in [6.07, 6.45) is 3.97. The zero-order chi connectivity index (χ0) is 47.9. The van der Waals surface area contributed by atoms with Crippen molar-refractivity contribution in [2.75, 3.05) is 18.9 Å². The summed E-state index contributed by atoms with van der Waals surface area (Å²) in [5.41, 5.74) is 27.0. The molecule has 0 saturated heterocycles. The van der Waals surface area contributed by atoms with Gasteiger partial charge in [0.1, 0.15) is 13.2 Å². The predicted octanol–water partition coefficient (Wildman–Crippen LogP) is 13.4. The number of nitrogen functional groups attached to an aromatic ring is 1. The summed E-state index contributed by atoms with van der Waals surface area (Å²) in [4.78, 5) is 39.8. The van der Waals surface area contributed by atoms with Crippen LogP contribution in [0.25, 0.3) is 0 Å². The number of rotatable bonds is 15. The van der Waals surface area contributed by atoms with E-state index in [0.29, 0.717) is 19.3 Å². The van der Waals surface area contributed by atoms with Gasteiger partial charge in [-0.2, -0.15) is 0 Å². The molecule has 0 amide bonds. The topological polar surface area (TPSA) is 144 Å². The molecule has 0 aliphatic carbocycles. The zero-order valence-corrected chi connectivity index (χ0v) is 40.7. The van der Waals surface area contributed by atoms with E-state index in [1.165, 1.54) is 66.8 Å². The van der Waals surface area contributed by atoms with Crippen molar-refractivity contribution in [1.82, 2.24) is 0 Å². The number of aliphatic imine (C=N–C) groups is 2. The van der Waals surface area contributed by atoms with Crippen LogP contribution in [0.2, 0.25) is 0 Å². The van der Waals surface area contributed by atoms with E-state index in [-0.39, 0.29) is 24.8 Å². The lowest BCUT2D eigenvalue weighted by atomic mass is 10.00. The molecule has 0 atom stereocenters. The van der Waals surface area contributed by atoms with Crippen LogP contribution in [0.5, 0.6) is 0 Å². The molecule has 0 aliphatic rings. The quantitative estimate of drug-likeness (QED) is 0.0237. The molecule has 0 bridgehead atoms. The number of benzene rings is 5. The summed E-state index contributed by atoms with van der Waals surface area (Å²) in [6, 6.07) is 29.9. The van der Waals surface area contributed by atoms with Gasteiger partial charge in [0.2, 0.25) is 0 Å². The second kappa shape index (κ2) is 28.3. The summed E-state index contributed by atoms with van der Waals surface area (Å²) in [7, 11) is 0. The molecule has 5 aromatic rings. The lowest BCUT2D eigenvalue weighted by molar-refractivity contribution is -0.296. The van der Waals surface area contributed by atoms with E-state index < -0.39 is 0 Å². The molecule has 0 spiro atoms. The van der Waals surface area contributed by atoms with E-state index in [0.717, 1.165) is 53.3 Å². The van der Waals surface area contributed by atoms with Crippen LogP contribution >= 0.6 is 0 Å². The van der Waals surface area contributed by atoms with Crippen molar-refractivity contribution in [3.63, 3.8) is 0 Å². The first kappa shape index (κ1) is 54.6. The van der Waals surface area contributed by atoms with Gasteiger partial charge in [0, 0.05) is 18.5 Å². The van der Waals surface area contributed by atoms with E-state index in [1.54, 1.807) is 6.92 Å². The maximum atomic E-state index is 11.3. The van der Waals surface area contributed by atoms with Crippen molar-refractivity contribution in [1.29, 1.82) is 0 Å². The molecule has 64 heavy (non-hydrogen) atoms. The van der Waals surface area contributed by atoms with E-state index in [9.17, 15) is 9.59 Å². The second-order valence-electron chi connectivity index (χ2n) is 16.6. The van der Waals surface area contributed by atoms with Crippen LogP contribution in [0.3, 0.4) is 0 Å². The molecule has 5 rings (SSSR count). The molecular formula is C55H73N3O6. The number of carbonyl (C=O) groups is 2. The summed E-state index contributed by atoms with van der Waals surface area (Å²) in [5.74, 6) is -0.514. The van der Waals surface area contributed by atoms with Gasteiger partial charge in [0.05, 0.1) is 22.8 Å². The van der Waals surface area contributed by atoms with E-state index in [2.05, 4.69) is 133 Å². The Morgan fingerprint density at radius 1 is 0.469 bits per heavy atom. The Morgan fingerprint density at radius 3 is 1.16 bits per heavy atom. The minimum absolute atomic E-state index is 0.00347.